The van der Waals surface area contributed by atoms with Crippen molar-refractivity contribution in [1.29, 1.82) is 5.26 Å². The molecule has 0 spiro atoms. The van der Waals surface area contributed by atoms with Gasteiger partial charge in [0.05, 0.1) is 23.8 Å². The van der Waals surface area contributed by atoms with Crippen LogP contribution in [0, 0.1) is 29.1 Å². The molecule has 0 radical (unpaired) electrons. The van der Waals surface area contributed by atoms with Crippen LogP contribution >= 0.6 is 0 Å². The van der Waals surface area contributed by atoms with Crippen LogP contribution in [0.5, 0.6) is 0 Å². The number of anilines is 1. The first kappa shape index (κ1) is 28.9. The minimum Gasteiger partial charge on any atom is -0.460 e. The van der Waals surface area contributed by atoms with Gasteiger partial charge in [-0.1, -0.05) is 12.8 Å². The lowest BCUT2D eigenvalue weighted by Crippen LogP contribution is -2.54. The van der Waals surface area contributed by atoms with E-state index in [2.05, 4.69) is 27.1 Å². The van der Waals surface area contributed by atoms with Gasteiger partial charge in [-0.2, -0.15) is 5.26 Å². The van der Waals surface area contributed by atoms with Crippen LogP contribution in [-0.2, 0) is 20.9 Å². The summed E-state index contributed by atoms with van der Waals surface area (Å²) in [5.74, 6) is -0.458. The zero-order chi connectivity index (χ0) is 29.6. The SMILES string of the molecule is CC(C)(C)OC(=O)C1CCC(N2Cc3cc(NC4NN([C@H]5CCCC[C@@H]5C#N)C5CCNC(=O)C45)ccc3C2=O)CC1. The van der Waals surface area contributed by atoms with Crippen LogP contribution in [0.4, 0.5) is 5.69 Å². The van der Waals surface area contributed by atoms with Crippen LogP contribution in [0.1, 0.15) is 94.5 Å². The average molecular weight is 577 g/mol. The number of fused-ring (bicyclic) bond motifs is 2. The third kappa shape index (κ3) is 5.61. The van der Waals surface area contributed by atoms with Crippen molar-refractivity contribution in [3.63, 3.8) is 0 Å². The van der Waals surface area contributed by atoms with Crippen molar-refractivity contribution in [1.82, 2.24) is 20.7 Å². The topological polar surface area (TPSA) is 127 Å². The highest BCUT2D eigenvalue weighted by molar-refractivity contribution is 5.99. The molecule has 4 fully saturated rings. The lowest BCUT2D eigenvalue weighted by Gasteiger charge is -2.39. The first-order chi connectivity index (χ1) is 20.1. The number of nitriles is 1. The van der Waals surface area contributed by atoms with E-state index in [0.29, 0.717) is 13.1 Å². The molecule has 10 heteroatoms. The Kier molecular flexibility index (Phi) is 7.92. The van der Waals surface area contributed by atoms with Crippen LogP contribution in [0.3, 0.4) is 0 Å². The van der Waals surface area contributed by atoms with E-state index >= 15 is 0 Å². The third-order valence-electron chi connectivity index (χ3n) is 9.85. The molecule has 3 unspecified atom stereocenters. The Bertz CT molecular complexity index is 1260. The second kappa shape index (κ2) is 11.5. The van der Waals surface area contributed by atoms with Crippen LogP contribution in [-0.4, -0.2) is 64.1 Å². The fraction of sp³-hybridized carbons (Fsp3) is 0.688. The molecule has 5 aliphatic rings. The van der Waals surface area contributed by atoms with E-state index in [1.807, 2.05) is 43.9 Å². The molecule has 2 saturated heterocycles. The highest BCUT2D eigenvalue weighted by atomic mass is 16.6. The van der Waals surface area contributed by atoms with Crippen molar-refractivity contribution < 1.29 is 19.1 Å². The molecule has 3 heterocycles. The van der Waals surface area contributed by atoms with Crippen LogP contribution < -0.4 is 16.1 Å². The predicted molar refractivity (Wildman–Crippen MR) is 157 cm³/mol. The monoisotopic (exact) mass is 576 g/mol. The van der Waals surface area contributed by atoms with Gasteiger partial charge < -0.3 is 20.3 Å². The van der Waals surface area contributed by atoms with E-state index in [4.69, 9.17) is 4.74 Å². The van der Waals surface area contributed by atoms with E-state index < -0.39 is 5.60 Å². The zero-order valence-electron chi connectivity index (χ0n) is 25.0. The Labute approximate surface area is 248 Å². The van der Waals surface area contributed by atoms with Crippen molar-refractivity contribution in [2.75, 3.05) is 11.9 Å². The van der Waals surface area contributed by atoms with E-state index in [-0.39, 0.29) is 59.8 Å². The molecule has 0 bridgehead atoms. The molecule has 42 heavy (non-hydrogen) atoms. The summed E-state index contributed by atoms with van der Waals surface area (Å²) in [4.78, 5) is 41.0. The molecular weight excluding hydrogens is 532 g/mol. The number of esters is 1. The molecule has 2 saturated carbocycles. The summed E-state index contributed by atoms with van der Waals surface area (Å²) in [5.41, 5.74) is 5.69. The third-order valence-corrected chi connectivity index (χ3v) is 9.85. The molecule has 226 valence electrons. The van der Waals surface area contributed by atoms with Gasteiger partial charge in [-0.15, -0.1) is 0 Å². The van der Waals surface area contributed by atoms with Crippen LogP contribution in [0.25, 0.3) is 0 Å². The Hall–Kier alpha value is -3.16. The van der Waals surface area contributed by atoms with Gasteiger partial charge in [-0.05, 0) is 89.5 Å². The molecule has 5 atom stereocenters. The summed E-state index contributed by atoms with van der Waals surface area (Å²) < 4.78 is 5.60. The van der Waals surface area contributed by atoms with Crippen molar-refractivity contribution >= 4 is 23.5 Å². The molecule has 2 aliphatic carbocycles. The first-order valence-corrected chi connectivity index (χ1v) is 15.8. The molecule has 2 amide bonds. The maximum absolute atomic E-state index is 13.4. The number of amides is 2. The normalized spacial score (nSPS) is 33.4. The molecule has 3 N–H and O–H groups in total. The molecule has 3 aliphatic heterocycles. The van der Waals surface area contributed by atoms with Crippen molar-refractivity contribution in [3.8, 4) is 6.07 Å². The number of hydrogen-bond acceptors (Lipinski definition) is 8. The Morgan fingerprint density at radius 3 is 2.55 bits per heavy atom. The largest absolute Gasteiger partial charge is 0.460 e. The smallest absolute Gasteiger partial charge is 0.309 e. The molecule has 10 nitrogen and oxygen atoms in total. The number of hydrazine groups is 1. The number of carbonyl (C=O) groups excluding carboxylic acids is 3. The average Bonchev–Trinajstić information content (AvgIpc) is 3.50. The zero-order valence-corrected chi connectivity index (χ0v) is 25.0. The van der Waals surface area contributed by atoms with E-state index in [1.165, 1.54) is 0 Å². The van der Waals surface area contributed by atoms with E-state index in [9.17, 15) is 19.6 Å². The van der Waals surface area contributed by atoms with E-state index in [0.717, 1.165) is 74.6 Å². The summed E-state index contributed by atoms with van der Waals surface area (Å²) in [6.45, 7) is 6.87. The number of nitrogens with zero attached hydrogens (tertiary/aromatic N) is 3. The van der Waals surface area contributed by atoms with Gasteiger partial charge >= 0.3 is 5.97 Å². The number of carbonyl (C=O) groups is 3. The number of nitrogens with one attached hydrogen (secondary N) is 3. The second-order valence-corrected chi connectivity index (χ2v) is 13.8. The fourth-order valence-electron chi connectivity index (χ4n) is 7.81. The van der Waals surface area contributed by atoms with Crippen molar-refractivity contribution in [2.45, 2.75) is 115 Å². The minimum absolute atomic E-state index is 0.0348. The molecular formula is C32H44N6O4. The van der Waals surface area contributed by atoms with Gasteiger partial charge in [0, 0.05) is 42.5 Å². The van der Waals surface area contributed by atoms with Gasteiger partial charge in [-0.3, -0.25) is 14.4 Å². The molecule has 1 aromatic rings. The number of ether oxygens (including phenoxy) is 1. The lowest BCUT2D eigenvalue weighted by molar-refractivity contribution is -0.161. The summed E-state index contributed by atoms with van der Waals surface area (Å²) in [5, 5.41) is 18.7. The summed E-state index contributed by atoms with van der Waals surface area (Å²) in [7, 11) is 0. The number of hydrogen-bond donors (Lipinski definition) is 3. The maximum atomic E-state index is 13.4. The number of piperidine rings is 1. The van der Waals surface area contributed by atoms with Gasteiger partial charge in [0.25, 0.3) is 5.91 Å². The first-order valence-electron chi connectivity index (χ1n) is 15.8. The van der Waals surface area contributed by atoms with Crippen molar-refractivity contribution in [2.24, 2.45) is 17.8 Å². The standard InChI is InChI=1S/C32H44N6O4/c1-32(2,3)42-31(41)19-8-11-23(12-9-19)37-18-21-16-22(10-13-24(21)30(37)40)35-28-27-26(14-15-34-29(27)39)38(36-28)25-7-5-4-6-20(25)17-33/h10,13,16,19-20,23,25-28,35-36H,4-9,11-12,14-15,18H2,1-3H3,(H,34,39)/t19?,20-,23?,25+,26?,27?,28?/m1/s1. The second-order valence-electron chi connectivity index (χ2n) is 13.8. The Balaban J connectivity index is 1.12. The number of benzene rings is 1. The van der Waals surface area contributed by atoms with Gasteiger partial charge in [0.15, 0.2) is 0 Å². The molecule has 6 rings (SSSR count). The highest BCUT2D eigenvalue weighted by Gasteiger charge is 2.51. The predicted octanol–water partition coefficient (Wildman–Crippen LogP) is 3.69. The van der Waals surface area contributed by atoms with Gasteiger partial charge in [-0.25, -0.2) is 10.4 Å². The van der Waals surface area contributed by atoms with Crippen LogP contribution in [0.15, 0.2) is 18.2 Å². The minimum atomic E-state index is -0.491. The maximum Gasteiger partial charge on any atom is 0.309 e. The molecule has 0 aromatic heterocycles. The van der Waals surface area contributed by atoms with Gasteiger partial charge in [0.1, 0.15) is 11.8 Å². The summed E-state index contributed by atoms with van der Waals surface area (Å²) >= 11 is 0. The highest BCUT2D eigenvalue weighted by Crippen LogP contribution is 2.38. The quantitative estimate of drug-likeness (QED) is 0.453. The van der Waals surface area contributed by atoms with E-state index in [1.54, 1.807) is 0 Å². The van der Waals surface area contributed by atoms with Crippen molar-refractivity contribution in [3.05, 3.63) is 29.3 Å². The lowest BCUT2D eigenvalue weighted by atomic mass is 9.83. The summed E-state index contributed by atoms with van der Waals surface area (Å²) in [6.07, 6.45) is 7.63. The van der Waals surface area contributed by atoms with Gasteiger partial charge in [0.2, 0.25) is 5.91 Å². The fourth-order valence-corrected chi connectivity index (χ4v) is 7.81. The number of rotatable bonds is 5. The van der Waals surface area contributed by atoms with Crippen LogP contribution in [0.2, 0.25) is 0 Å². The molecule has 1 aromatic carbocycles. The Morgan fingerprint density at radius 1 is 1.05 bits per heavy atom. The summed E-state index contributed by atoms with van der Waals surface area (Å²) in [6, 6.07) is 8.64. The Morgan fingerprint density at radius 2 is 1.81 bits per heavy atom.